The van der Waals surface area contributed by atoms with Crippen LogP contribution in [0.25, 0.3) is 5.00 Å². The number of aryl methyl sites for hydroxylation is 1. The van der Waals surface area contributed by atoms with Gasteiger partial charge in [-0.2, -0.15) is 0 Å². The first-order valence-electron chi connectivity index (χ1n) is 9.93. The van der Waals surface area contributed by atoms with E-state index in [1.165, 1.54) is 51.5 Å². The molecule has 5 rings (SSSR count). The van der Waals surface area contributed by atoms with E-state index in [0.29, 0.717) is 6.42 Å². The fraction of sp³-hybridized carbons (Fsp3) is 0.348. The van der Waals surface area contributed by atoms with Gasteiger partial charge in [-0.05, 0) is 48.9 Å². The molecule has 2 aliphatic rings. The largest absolute Gasteiger partial charge is 0.326 e. The van der Waals surface area contributed by atoms with Crippen LogP contribution in [0.2, 0.25) is 0 Å². The first-order chi connectivity index (χ1) is 13.3. The van der Waals surface area contributed by atoms with E-state index in [-0.39, 0.29) is 11.9 Å². The molecule has 0 unspecified atom stereocenters. The quantitative estimate of drug-likeness (QED) is 0.599. The van der Waals surface area contributed by atoms with Crippen molar-refractivity contribution in [1.82, 2.24) is 9.47 Å². The van der Waals surface area contributed by atoms with Crippen LogP contribution in [0, 0.1) is 0 Å². The zero-order valence-corrected chi connectivity index (χ0v) is 16.5. The summed E-state index contributed by atoms with van der Waals surface area (Å²) < 4.78 is 2.35. The second-order valence-electron chi connectivity index (χ2n) is 7.49. The van der Waals surface area contributed by atoms with Crippen molar-refractivity contribution >= 4 is 17.2 Å². The molecule has 3 nitrogen and oxygen atoms in total. The first-order valence-corrected chi connectivity index (χ1v) is 10.7. The van der Waals surface area contributed by atoms with Crippen LogP contribution in [0.3, 0.4) is 0 Å². The molecule has 1 aliphatic carbocycles. The summed E-state index contributed by atoms with van der Waals surface area (Å²) in [5, 5.41) is 1.33. The van der Waals surface area contributed by atoms with Gasteiger partial charge in [0.2, 0.25) is 5.91 Å². The third kappa shape index (κ3) is 2.66. The summed E-state index contributed by atoms with van der Waals surface area (Å²) >= 11 is 1.94. The van der Waals surface area contributed by atoms with Crippen LogP contribution in [0.5, 0.6) is 0 Å². The molecule has 0 saturated heterocycles. The third-order valence-corrected chi connectivity index (χ3v) is 7.25. The minimum Gasteiger partial charge on any atom is -0.326 e. The minimum atomic E-state index is -0.0347. The number of hydrogen-bond donors (Lipinski definition) is 0. The van der Waals surface area contributed by atoms with Gasteiger partial charge in [-0.25, -0.2) is 0 Å². The molecule has 0 bridgehead atoms. The van der Waals surface area contributed by atoms with E-state index >= 15 is 0 Å². The molecule has 1 aromatic carbocycles. The third-order valence-electron chi connectivity index (χ3n) is 5.92. The van der Waals surface area contributed by atoms with E-state index in [2.05, 4.69) is 52.1 Å². The number of carbonyl (C=O) groups is 1. The molecule has 0 spiro atoms. The van der Waals surface area contributed by atoms with Gasteiger partial charge in [0.05, 0.1) is 11.7 Å². The molecular weight excluding hydrogens is 352 g/mol. The highest BCUT2D eigenvalue weighted by molar-refractivity contribution is 7.15. The Balaban J connectivity index is 1.74. The number of amides is 1. The summed E-state index contributed by atoms with van der Waals surface area (Å²) in [6, 6.07) is 14.7. The van der Waals surface area contributed by atoms with Crippen molar-refractivity contribution in [3.8, 4) is 5.00 Å². The summed E-state index contributed by atoms with van der Waals surface area (Å²) in [4.78, 5) is 16.7. The predicted octanol–water partition coefficient (Wildman–Crippen LogP) is 5.26. The molecule has 0 saturated carbocycles. The average molecular weight is 377 g/mol. The Morgan fingerprint density at radius 2 is 1.89 bits per heavy atom. The normalized spacial score (nSPS) is 18.4. The van der Waals surface area contributed by atoms with Crippen molar-refractivity contribution in [2.45, 2.75) is 51.6 Å². The van der Waals surface area contributed by atoms with E-state index in [1.807, 2.05) is 24.3 Å². The number of benzene rings is 1. The fourth-order valence-corrected chi connectivity index (χ4v) is 6.02. The average Bonchev–Trinajstić information content (AvgIpc) is 3.30. The molecule has 4 heteroatoms. The fourth-order valence-electron chi connectivity index (χ4n) is 4.62. The lowest BCUT2D eigenvalue weighted by Gasteiger charge is -2.31. The zero-order chi connectivity index (χ0) is 18.4. The van der Waals surface area contributed by atoms with Crippen LogP contribution >= 0.6 is 11.3 Å². The maximum atomic E-state index is 13.1. The molecule has 3 aromatic rings. The molecule has 0 radical (unpaired) electrons. The van der Waals surface area contributed by atoms with Gasteiger partial charge < -0.3 is 9.47 Å². The Labute approximate surface area is 164 Å². The van der Waals surface area contributed by atoms with Crippen LogP contribution in [0.4, 0.5) is 0 Å². The monoisotopic (exact) mass is 376 g/mol. The standard InChI is InChI=1S/C23H24N2OS/c1-2-21(26)25-15-18-17-11-6-7-13-20(17)27-23(18)24-14-8-12-19(24)22(25)16-9-4-3-5-10-16/h3-5,8-10,12,14,22H,2,6-7,11,13,15H2,1H3/t22-/m1/s1. The second kappa shape index (κ2) is 6.68. The van der Waals surface area contributed by atoms with E-state index in [1.54, 1.807) is 0 Å². The van der Waals surface area contributed by atoms with Gasteiger partial charge >= 0.3 is 0 Å². The van der Waals surface area contributed by atoms with Gasteiger partial charge in [0.15, 0.2) is 0 Å². The van der Waals surface area contributed by atoms with Gasteiger partial charge in [0, 0.05) is 29.6 Å². The summed E-state index contributed by atoms with van der Waals surface area (Å²) in [5.74, 6) is 0.222. The number of thiophene rings is 1. The Kier molecular flexibility index (Phi) is 4.16. The molecule has 27 heavy (non-hydrogen) atoms. The Morgan fingerprint density at radius 1 is 1.07 bits per heavy atom. The molecule has 138 valence electrons. The van der Waals surface area contributed by atoms with Gasteiger partial charge in [0.1, 0.15) is 5.00 Å². The number of hydrogen-bond acceptors (Lipinski definition) is 2. The molecule has 1 atom stereocenters. The van der Waals surface area contributed by atoms with Crippen LogP contribution in [0.1, 0.15) is 59.5 Å². The van der Waals surface area contributed by atoms with Crippen molar-refractivity contribution in [2.75, 3.05) is 0 Å². The second-order valence-corrected chi connectivity index (χ2v) is 8.57. The van der Waals surface area contributed by atoms with E-state index in [0.717, 1.165) is 13.0 Å². The van der Waals surface area contributed by atoms with E-state index in [4.69, 9.17) is 0 Å². The number of rotatable bonds is 2. The molecule has 3 heterocycles. The molecule has 1 amide bonds. The van der Waals surface area contributed by atoms with Crippen molar-refractivity contribution in [1.29, 1.82) is 0 Å². The number of fused-ring (bicyclic) bond motifs is 5. The maximum Gasteiger partial charge on any atom is 0.223 e. The first kappa shape index (κ1) is 16.8. The van der Waals surface area contributed by atoms with Crippen molar-refractivity contribution in [3.05, 3.63) is 75.9 Å². The topological polar surface area (TPSA) is 25.2 Å². The van der Waals surface area contributed by atoms with Crippen LogP contribution in [0.15, 0.2) is 48.7 Å². The Morgan fingerprint density at radius 3 is 2.70 bits per heavy atom. The van der Waals surface area contributed by atoms with Crippen LogP contribution in [-0.4, -0.2) is 15.4 Å². The van der Waals surface area contributed by atoms with Gasteiger partial charge in [-0.3, -0.25) is 4.79 Å². The molecular formula is C23H24N2OS. The maximum absolute atomic E-state index is 13.1. The molecule has 2 aromatic heterocycles. The van der Waals surface area contributed by atoms with E-state index in [9.17, 15) is 4.79 Å². The van der Waals surface area contributed by atoms with Crippen molar-refractivity contribution in [3.63, 3.8) is 0 Å². The highest BCUT2D eigenvalue weighted by atomic mass is 32.1. The highest BCUT2D eigenvalue weighted by Crippen LogP contribution is 2.44. The lowest BCUT2D eigenvalue weighted by molar-refractivity contribution is -0.133. The number of nitrogens with zero attached hydrogens (tertiary/aromatic N) is 2. The van der Waals surface area contributed by atoms with Gasteiger partial charge in [0.25, 0.3) is 0 Å². The molecule has 0 fully saturated rings. The summed E-state index contributed by atoms with van der Waals surface area (Å²) in [6.45, 7) is 2.69. The van der Waals surface area contributed by atoms with Gasteiger partial charge in [-0.15, -0.1) is 11.3 Å². The SMILES string of the molecule is CCC(=O)N1Cc2c(sc3c2CCCC3)-n2cccc2[C@H]1c1ccccc1. The summed E-state index contributed by atoms with van der Waals surface area (Å²) in [7, 11) is 0. The highest BCUT2D eigenvalue weighted by Gasteiger charge is 2.35. The summed E-state index contributed by atoms with van der Waals surface area (Å²) in [5.41, 5.74) is 5.28. The molecule has 0 N–H and O–H groups in total. The number of aromatic nitrogens is 1. The van der Waals surface area contributed by atoms with E-state index < -0.39 is 0 Å². The summed E-state index contributed by atoms with van der Waals surface area (Å²) in [6.07, 6.45) is 7.60. The minimum absolute atomic E-state index is 0.0347. The van der Waals surface area contributed by atoms with Crippen molar-refractivity contribution < 1.29 is 4.79 Å². The lowest BCUT2D eigenvalue weighted by Crippen LogP contribution is -2.34. The predicted molar refractivity (Wildman–Crippen MR) is 109 cm³/mol. The van der Waals surface area contributed by atoms with Crippen LogP contribution < -0.4 is 0 Å². The smallest absolute Gasteiger partial charge is 0.223 e. The lowest BCUT2D eigenvalue weighted by atomic mass is 9.95. The molecule has 1 aliphatic heterocycles. The number of carbonyl (C=O) groups excluding carboxylic acids is 1. The van der Waals surface area contributed by atoms with Crippen LogP contribution in [-0.2, 0) is 24.2 Å². The zero-order valence-electron chi connectivity index (χ0n) is 15.6. The van der Waals surface area contributed by atoms with Gasteiger partial charge in [-0.1, -0.05) is 37.3 Å². The van der Waals surface area contributed by atoms with Crippen molar-refractivity contribution in [2.24, 2.45) is 0 Å². The Hall–Kier alpha value is -2.33. The Bertz CT molecular complexity index is 985.